The molecule has 3 nitrogen and oxygen atoms in total. The van der Waals surface area contributed by atoms with E-state index < -0.39 is 17.5 Å². The van der Waals surface area contributed by atoms with E-state index in [-0.39, 0.29) is 12.5 Å². The summed E-state index contributed by atoms with van der Waals surface area (Å²) >= 11 is 0. The zero-order valence-corrected chi connectivity index (χ0v) is 14.1. The van der Waals surface area contributed by atoms with E-state index in [1.165, 1.54) is 0 Å². The van der Waals surface area contributed by atoms with Crippen molar-refractivity contribution in [1.29, 1.82) is 5.26 Å². The zero-order chi connectivity index (χ0) is 18.9. The summed E-state index contributed by atoms with van der Waals surface area (Å²) in [5, 5.41) is 11.2. The van der Waals surface area contributed by atoms with Crippen molar-refractivity contribution in [2.45, 2.75) is 25.4 Å². The van der Waals surface area contributed by atoms with Crippen molar-refractivity contribution in [2.75, 3.05) is 6.54 Å². The summed E-state index contributed by atoms with van der Waals surface area (Å²) in [5.41, 5.74) is 2.75. The second-order valence-corrected chi connectivity index (χ2v) is 6.88. The van der Waals surface area contributed by atoms with Crippen molar-refractivity contribution in [3.63, 3.8) is 0 Å². The van der Waals surface area contributed by atoms with Crippen LogP contribution < -0.4 is 5.32 Å². The maximum Gasteiger partial charge on any atom is 0.471 e. The third-order valence-corrected chi connectivity index (χ3v) is 4.92. The molecule has 0 fully saturated rings. The Kier molecular flexibility index (Phi) is 4.49. The van der Waals surface area contributed by atoms with E-state index in [0.29, 0.717) is 12.0 Å². The van der Waals surface area contributed by atoms with Gasteiger partial charge in [0.25, 0.3) is 0 Å². The lowest BCUT2D eigenvalue weighted by Gasteiger charge is -2.33. The molecule has 0 saturated carbocycles. The lowest BCUT2D eigenvalue weighted by atomic mass is 9.74. The van der Waals surface area contributed by atoms with Gasteiger partial charge in [-0.25, -0.2) is 0 Å². The molecule has 0 unspecified atom stereocenters. The molecule has 0 saturated heterocycles. The minimum Gasteiger partial charge on any atom is -0.348 e. The Morgan fingerprint density at radius 3 is 2.58 bits per heavy atom. The maximum absolute atomic E-state index is 12.6. The van der Waals surface area contributed by atoms with Gasteiger partial charge in [-0.05, 0) is 40.7 Å². The molecule has 2 atom stereocenters. The third-order valence-electron chi connectivity index (χ3n) is 4.92. The number of rotatable bonds is 3. The smallest absolute Gasteiger partial charge is 0.348 e. The highest BCUT2D eigenvalue weighted by molar-refractivity contribution is 5.81. The Hall–Kier alpha value is -2.81. The summed E-state index contributed by atoms with van der Waals surface area (Å²) in [5.74, 6) is -2.14. The average molecular weight is 358 g/mol. The quantitative estimate of drug-likeness (QED) is 0.904. The van der Waals surface area contributed by atoms with E-state index in [1.54, 1.807) is 12.1 Å². The summed E-state index contributed by atoms with van der Waals surface area (Å²) in [6.07, 6.45) is -4.39. The number of hydrogen-bond acceptors (Lipinski definition) is 2. The van der Waals surface area contributed by atoms with Crippen LogP contribution in [0.15, 0.2) is 48.5 Å². The van der Waals surface area contributed by atoms with Crippen LogP contribution in [-0.4, -0.2) is 18.6 Å². The number of nitriles is 1. The van der Waals surface area contributed by atoms with Crippen LogP contribution in [0.25, 0.3) is 0 Å². The van der Waals surface area contributed by atoms with Gasteiger partial charge in [0.1, 0.15) is 0 Å². The number of nitrogens with one attached hydrogen (secondary N) is 1. The molecular formula is C20H17F3N2O. The predicted molar refractivity (Wildman–Crippen MR) is 90.3 cm³/mol. The molecule has 0 spiro atoms. The number of fused-ring (bicyclic) bond motifs is 1. The number of carbonyl (C=O) groups excluding carboxylic acids is 1. The van der Waals surface area contributed by atoms with Gasteiger partial charge in [-0.2, -0.15) is 18.4 Å². The van der Waals surface area contributed by atoms with E-state index in [2.05, 4.69) is 6.07 Å². The predicted octanol–water partition coefficient (Wildman–Crippen LogP) is 3.93. The number of hydrogen-bond donors (Lipinski definition) is 1. The number of benzene rings is 2. The second-order valence-electron chi connectivity index (χ2n) is 6.88. The lowest BCUT2D eigenvalue weighted by Crippen LogP contribution is -2.44. The van der Waals surface area contributed by atoms with E-state index in [4.69, 9.17) is 0 Å². The van der Waals surface area contributed by atoms with Crippen molar-refractivity contribution in [2.24, 2.45) is 5.41 Å². The van der Waals surface area contributed by atoms with E-state index in [1.807, 2.05) is 48.6 Å². The Morgan fingerprint density at radius 2 is 1.96 bits per heavy atom. The van der Waals surface area contributed by atoms with Crippen LogP contribution in [0, 0.1) is 16.7 Å². The summed E-state index contributed by atoms with van der Waals surface area (Å²) in [6.45, 7) is 1.76. The largest absolute Gasteiger partial charge is 0.471 e. The monoisotopic (exact) mass is 358 g/mol. The van der Waals surface area contributed by atoms with Crippen LogP contribution in [0.5, 0.6) is 0 Å². The molecule has 1 amide bonds. The van der Waals surface area contributed by atoms with Gasteiger partial charge in [-0.3, -0.25) is 4.79 Å². The minimum absolute atomic E-state index is 0.110. The molecule has 1 aliphatic carbocycles. The summed E-state index contributed by atoms with van der Waals surface area (Å²) in [4.78, 5) is 11.3. The molecule has 0 bridgehead atoms. The molecule has 0 heterocycles. The van der Waals surface area contributed by atoms with Crippen LogP contribution in [0.4, 0.5) is 13.2 Å². The lowest BCUT2D eigenvalue weighted by molar-refractivity contribution is -0.174. The summed E-state index contributed by atoms with van der Waals surface area (Å²) in [7, 11) is 0. The van der Waals surface area contributed by atoms with Crippen molar-refractivity contribution in [1.82, 2.24) is 5.32 Å². The van der Waals surface area contributed by atoms with Gasteiger partial charge in [0.15, 0.2) is 0 Å². The number of nitrogens with zero attached hydrogens (tertiary/aromatic N) is 1. The first kappa shape index (κ1) is 18.0. The average Bonchev–Trinajstić information content (AvgIpc) is 2.90. The molecule has 2 aromatic rings. The highest BCUT2D eigenvalue weighted by Gasteiger charge is 2.45. The van der Waals surface area contributed by atoms with Gasteiger partial charge < -0.3 is 5.32 Å². The molecule has 1 aliphatic rings. The van der Waals surface area contributed by atoms with E-state index in [0.717, 1.165) is 16.7 Å². The van der Waals surface area contributed by atoms with Crippen LogP contribution in [0.3, 0.4) is 0 Å². The standard InChI is InChI=1S/C20H17F3N2O/c1-19(12-25-18(26)20(21,22)23)10-15-8-7-13(11-24)9-16(15)17(19)14-5-3-2-4-6-14/h2-9,17H,10,12H2,1H3,(H,25,26)/t17-,19-/m1/s1. The minimum atomic E-state index is -4.90. The highest BCUT2D eigenvalue weighted by atomic mass is 19.4. The topological polar surface area (TPSA) is 52.9 Å². The van der Waals surface area contributed by atoms with Crippen LogP contribution >= 0.6 is 0 Å². The Labute approximate surface area is 149 Å². The molecule has 0 radical (unpaired) electrons. The summed E-state index contributed by atoms with van der Waals surface area (Å²) < 4.78 is 37.7. The van der Waals surface area contributed by atoms with Crippen LogP contribution in [0.1, 0.15) is 35.1 Å². The molecule has 3 rings (SSSR count). The molecule has 6 heteroatoms. The van der Waals surface area contributed by atoms with Gasteiger partial charge in [0, 0.05) is 12.5 Å². The van der Waals surface area contributed by atoms with Crippen molar-refractivity contribution < 1.29 is 18.0 Å². The molecule has 0 aliphatic heterocycles. The fourth-order valence-corrected chi connectivity index (χ4v) is 3.78. The van der Waals surface area contributed by atoms with Crippen molar-refractivity contribution in [3.8, 4) is 6.07 Å². The van der Waals surface area contributed by atoms with Gasteiger partial charge in [0.05, 0.1) is 11.6 Å². The highest BCUT2D eigenvalue weighted by Crippen LogP contribution is 2.50. The van der Waals surface area contributed by atoms with Gasteiger partial charge in [0.2, 0.25) is 0 Å². The SMILES string of the molecule is C[C@]1(CNC(=O)C(F)(F)F)Cc2ccc(C#N)cc2[C@H]1c1ccccc1. The first-order chi connectivity index (χ1) is 12.2. The number of alkyl halides is 3. The maximum atomic E-state index is 12.6. The Bertz CT molecular complexity index is 871. The molecule has 2 aromatic carbocycles. The molecule has 134 valence electrons. The first-order valence-electron chi connectivity index (χ1n) is 8.17. The number of amides is 1. The molecular weight excluding hydrogens is 341 g/mol. The molecule has 26 heavy (non-hydrogen) atoms. The Balaban J connectivity index is 1.99. The Morgan fingerprint density at radius 1 is 1.27 bits per heavy atom. The van der Waals surface area contributed by atoms with Gasteiger partial charge in [-0.15, -0.1) is 0 Å². The normalized spacial score (nSPS) is 21.7. The first-order valence-corrected chi connectivity index (χ1v) is 8.17. The van der Waals surface area contributed by atoms with Crippen molar-refractivity contribution >= 4 is 5.91 Å². The van der Waals surface area contributed by atoms with Gasteiger partial charge in [-0.1, -0.05) is 43.3 Å². The van der Waals surface area contributed by atoms with E-state index in [9.17, 15) is 23.2 Å². The zero-order valence-electron chi connectivity index (χ0n) is 14.1. The fraction of sp³-hybridized carbons (Fsp3) is 0.300. The van der Waals surface area contributed by atoms with E-state index >= 15 is 0 Å². The van der Waals surface area contributed by atoms with Gasteiger partial charge >= 0.3 is 12.1 Å². The number of halogens is 3. The van der Waals surface area contributed by atoms with Crippen molar-refractivity contribution in [3.05, 3.63) is 70.8 Å². The van der Waals surface area contributed by atoms with Crippen LogP contribution in [-0.2, 0) is 11.2 Å². The fourth-order valence-electron chi connectivity index (χ4n) is 3.78. The third kappa shape index (κ3) is 3.30. The molecule has 1 N–H and O–H groups in total. The summed E-state index contributed by atoms with van der Waals surface area (Å²) in [6, 6.07) is 16.9. The van der Waals surface area contributed by atoms with Crippen LogP contribution in [0.2, 0.25) is 0 Å². The number of carbonyl (C=O) groups is 1. The second kappa shape index (κ2) is 6.49. The molecule has 0 aromatic heterocycles.